The van der Waals surface area contributed by atoms with Crippen molar-refractivity contribution in [1.29, 1.82) is 0 Å². The Morgan fingerprint density at radius 2 is 1.00 bits per heavy atom. The molecule has 0 fully saturated rings. The number of rotatable bonds is 10. The molecule has 4 N–H and O–H groups in total. The highest BCUT2D eigenvalue weighted by Gasteiger charge is 2.27. The average Bonchev–Trinajstić information content (AvgIpc) is 2.26. The third-order valence-electron chi connectivity index (χ3n) is 2.68. The van der Waals surface area contributed by atoms with Gasteiger partial charge in [-0.25, -0.2) is 0 Å². The molecule has 0 spiro atoms. The lowest BCUT2D eigenvalue weighted by Crippen LogP contribution is -2.24. The van der Waals surface area contributed by atoms with E-state index in [1.807, 2.05) is 0 Å². The van der Waals surface area contributed by atoms with E-state index in [9.17, 15) is 19.2 Å². The van der Waals surface area contributed by atoms with Gasteiger partial charge < -0.3 is 20.4 Å². The maximum atomic E-state index is 10.9. The van der Waals surface area contributed by atoms with Crippen molar-refractivity contribution in [3.05, 3.63) is 0 Å². The number of carbonyl (C=O) groups is 4. The Labute approximate surface area is 108 Å². The number of carboxylic acids is 4. The van der Waals surface area contributed by atoms with Gasteiger partial charge >= 0.3 is 23.9 Å². The van der Waals surface area contributed by atoms with Gasteiger partial charge in [-0.1, -0.05) is 0 Å². The molecule has 0 aromatic carbocycles. The molecule has 0 rings (SSSR count). The summed E-state index contributed by atoms with van der Waals surface area (Å²) in [6.07, 6.45) is -1.38. The molecule has 0 amide bonds. The predicted octanol–water partition coefficient (Wildman–Crippen LogP) is 0.508. The lowest BCUT2D eigenvalue weighted by atomic mass is 9.88. The zero-order chi connectivity index (χ0) is 15.0. The Kier molecular flexibility index (Phi) is 7.16. The summed E-state index contributed by atoms with van der Waals surface area (Å²) in [4.78, 5) is 42.6. The van der Waals surface area contributed by atoms with E-state index in [0.717, 1.165) is 0 Å². The SMILES string of the molecule is O=C(O)CCC(CC(CCC(=O)O)C(=O)O)C(=O)O. The van der Waals surface area contributed by atoms with Gasteiger partial charge in [0.1, 0.15) is 0 Å². The van der Waals surface area contributed by atoms with E-state index < -0.39 is 35.7 Å². The van der Waals surface area contributed by atoms with Crippen molar-refractivity contribution in [2.45, 2.75) is 32.1 Å². The largest absolute Gasteiger partial charge is 0.481 e. The Morgan fingerprint density at radius 1 is 0.684 bits per heavy atom. The van der Waals surface area contributed by atoms with E-state index in [1.54, 1.807) is 0 Å². The minimum absolute atomic E-state index is 0.179. The van der Waals surface area contributed by atoms with Gasteiger partial charge in [-0.2, -0.15) is 0 Å². The van der Waals surface area contributed by atoms with Gasteiger partial charge in [0.05, 0.1) is 11.8 Å². The molecule has 0 bridgehead atoms. The molecule has 0 aliphatic rings. The average molecular weight is 276 g/mol. The van der Waals surface area contributed by atoms with Gasteiger partial charge in [-0.3, -0.25) is 19.2 Å². The molecule has 2 atom stereocenters. The van der Waals surface area contributed by atoms with E-state index >= 15 is 0 Å². The van der Waals surface area contributed by atoms with Crippen LogP contribution in [0.4, 0.5) is 0 Å². The van der Waals surface area contributed by atoms with Gasteiger partial charge in [0.15, 0.2) is 0 Å². The van der Waals surface area contributed by atoms with Crippen LogP contribution in [0.25, 0.3) is 0 Å². The molecular weight excluding hydrogens is 260 g/mol. The fourth-order valence-corrected chi connectivity index (χ4v) is 1.62. The van der Waals surface area contributed by atoms with Crippen molar-refractivity contribution in [1.82, 2.24) is 0 Å². The number of hydrogen-bond donors (Lipinski definition) is 4. The fraction of sp³-hybridized carbons (Fsp3) is 0.636. The first kappa shape index (κ1) is 16.9. The van der Waals surface area contributed by atoms with Gasteiger partial charge in [-0.15, -0.1) is 0 Å². The van der Waals surface area contributed by atoms with Crippen molar-refractivity contribution in [3.8, 4) is 0 Å². The minimum atomic E-state index is -1.28. The van der Waals surface area contributed by atoms with Gasteiger partial charge in [0.25, 0.3) is 0 Å². The minimum Gasteiger partial charge on any atom is -0.481 e. The van der Waals surface area contributed by atoms with Crippen LogP contribution < -0.4 is 0 Å². The summed E-state index contributed by atoms with van der Waals surface area (Å²) >= 11 is 0. The molecule has 0 aliphatic carbocycles. The summed E-state index contributed by atoms with van der Waals surface area (Å²) in [7, 11) is 0. The summed E-state index contributed by atoms with van der Waals surface area (Å²) in [6.45, 7) is 0. The molecule has 0 aromatic rings. The monoisotopic (exact) mass is 276 g/mol. The molecule has 0 aromatic heterocycles. The van der Waals surface area contributed by atoms with Crippen LogP contribution in [0.15, 0.2) is 0 Å². The highest BCUT2D eigenvalue weighted by Crippen LogP contribution is 2.22. The van der Waals surface area contributed by atoms with Crippen molar-refractivity contribution in [2.75, 3.05) is 0 Å². The van der Waals surface area contributed by atoms with E-state index in [-0.39, 0.29) is 32.1 Å². The van der Waals surface area contributed by atoms with Crippen molar-refractivity contribution < 1.29 is 39.6 Å². The Hall–Kier alpha value is -2.12. The topological polar surface area (TPSA) is 149 Å². The first-order chi connectivity index (χ1) is 8.73. The summed E-state index contributed by atoms with van der Waals surface area (Å²) in [5.74, 6) is -7.09. The zero-order valence-electron chi connectivity index (χ0n) is 10.1. The molecule has 19 heavy (non-hydrogen) atoms. The van der Waals surface area contributed by atoms with Crippen molar-refractivity contribution >= 4 is 23.9 Å². The smallest absolute Gasteiger partial charge is 0.306 e. The Bertz CT molecular complexity index is 328. The van der Waals surface area contributed by atoms with Crippen LogP contribution >= 0.6 is 0 Å². The molecule has 0 aliphatic heterocycles. The zero-order valence-corrected chi connectivity index (χ0v) is 10.1. The quantitative estimate of drug-likeness (QED) is 0.450. The van der Waals surface area contributed by atoms with Gasteiger partial charge in [0.2, 0.25) is 0 Å². The number of aliphatic carboxylic acids is 4. The second kappa shape index (κ2) is 8.06. The fourth-order valence-electron chi connectivity index (χ4n) is 1.62. The van der Waals surface area contributed by atoms with Crippen molar-refractivity contribution in [3.63, 3.8) is 0 Å². The summed E-state index contributed by atoms with van der Waals surface area (Å²) in [5.41, 5.74) is 0. The number of carboxylic acid groups (broad SMARTS) is 4. The van der Waals surface area contributed by atoms with Crippen LogP contribution in [0.1, 0.15) is 32.1 Å². The lowest BCUT2D eigenvalue weighted by molar-refractivity contribution is -0.146. The second-order valence-corrected chi connectivity index (χ2v) is 4.17. The Balaban J connectivity index is 4.56. The van der Waals surface area contributed by atoms with E-state index in [4.69, 9.17) is 20.4 Å². The number of hydrogen-bond acceptors (Lipinski definition) is 4. The third-order valence-corrected chi connectivity index (χ3v) is 2.68. The predicted molar refractivity (Wildman–Crippen MR) is 60.6 cm³/mol. The summed E-state index contributed by atoms with van der Waals surface area (Å²) in [5, 5.41) is 34.7. The first-order valence-electron chi connectivity index (χ1n) is 5.63. The maximum absolute atomic E-state index is 10.9. The van der Waals surface area contributed by atoms with Gasteiger partial charge in [-0.05, 0) is 19.3 Å². The molecule has 8 nitrogen and oxygen atoms in total. The highest BCUT2D eigenvalue weighted by molar-refractivity contribution is 5.75. The van der Waals surface area contributed by atoms with E-state index in [2.05, 4.69) is 0 Å². The molecule has 0 radical (unpaired) electrons. The molecule has 8 heteroatoms. The third kappa shape index (κ3) is 7.74. The van der Waals surface area contributed by atoms with E-state index in [1.165, 1.54) is 0 Å². The molecule has 0 saturated heterocycles. The molecular formula is C11H16O8. The maximum Gasteiger partial charge on any atom is 0.306 e. The molecule has 0 heterocycles. The molecule has 0 saturated carbocycles. The summed E-state index contributed by atoms with van der Waals surface area (Å²) < 4.78 is 0. The lowest BCUT2D eigenvalue weighted by Gasteiger charge is -2.16. The second-order valence-electron chi connectivity index (χ2n) is 4.17. The van der Waals surface area contributed by atoms with Crippen LogP contribution in [0.5, 0.6) is 0 Å². The normalized spacial score (nSPS) is 13.5. The standard InChI is InChI=1S/C11H16O8/c12-8(13)3-1-6(10(16)17)5-7(11(18)19)2-4-9(14)15/h6-7H,1-5H2,(H,12,13)(H,14,15)(H,16,17)(H,18,19). The van der Waals surface area contributed by atoms with Crippen LogP contribution in [0.3, 0.4) is 0 Å². The van der Waals surface area contributed by atoms with Crippen LogP contribution in [-0.2, 0) is 19.2 Å². The highest BCUT2D eigenvalue weighted by atomic mass is 16.4. The summed E-state index contributed by atoms with van der Waals surface area (Å²) in [6, 6.07) is 0. The molecule has 2 unspecified atom stereocenters. The van der Waals surface area contributed by atoms with Crippen LogP contribution in [0, 0.1) is 11.8 Å². The van der Waals surface area contributed by atoms with Gasteiger partial charge in [0, 0.05) is 12.8 Å². The first-order valence-corrected chi connectivity index (χ1v) is 5.63. The van der Waals surface area contributed by atoms with E-state index in [0.29, 0.717) is 0 Å². The van der Waals surface area contributed by atoms with Crippen LogP contribution in [-0.4, -0.2) is 44.3 Å². The Morgan fingerprint density at radius 3 is 1.21 bits per heavy atom. The van der Waals surface area contributed by atoms with Crippen molar-refractivity contribution in [2.24, 2.45) is 11.8 Å². The molecule has 108 valence electrons. The van der Waals surface area contributed by atoms with Crippen LogP contribution in [0.2, 0.25) is 0 Å².